The number of hydrogen-bond donors (Lipinski definition) is 0. The number of carbonyl (C=O) groups excluding carboxylic acids is 2. The minimum Gasteiger partial charge on any atom is -0.493 e. The fraction of sp³-hybridized carbons (Fsp3) is 0.318. The van der Waals surface area contributed by atoms with Crippen molar-refractivity contribution >= 4 is 33.4 Å². The number of thiazole rings is 1. The number of rotatable bonds is 8. The van der Waals surface area contributed by atoms with Crippen molar-refractivity contribution in [2.24, 2.45) is 4.99 Å². The molecule has 0 radical (unpaired) electrons. The molecule has 0 aliphatic heterocycles. The van der Waals surface area contributed by atoms with Gasteiger partial charge in [-0.2, -0.15) is 4.99 Å². The Morgan fingerprint density at radius 3 is 2.52 bits per heavy atom. The molecule has 0 fully saturated rings. The van der Waals surface area contributed by atoms with Gasteiger partial charge in [0.2, 0.25) is 0 Å². The number of esters is 1. The molecule has 3 aromatic rings. The fourth-order valence-corrected chi connectivity index (χ4v) is 4.02. The topological polar surface area (TPSA) is 88.4 Å². The highest BCUT2D eigenvalue weighted by Crippen LogP contribution is 2.33. The number of ether oxygens (including phenoxy) is 4. The quantitative estimate of drug-likeness (QED) is 0.496. The minimum absolute atomic E-state index is 0.0891. The number of aryl methyl sites for hydroxylation is 1. The van der Waals surface area contributed by atoms with Crippen molar-refractivity contribution in [3.8, 4) is 17.2 Å². The number of benzene rings is 2. The molecule has 164 valence electrons. The second kappa shape index (κ2) is 10.1. The highest BCUT2D eigenvalue weighted by atomic mass is 32.1. The lowest BCUT2D eigenvalue weighted by molar-refractivity contribution is -0.143. The number of hydrogen-bond acceptors (Lipinski definition) is 7. The summed E-state index contributed by atoms with van der Waals surface area (Å²) in [5, 5.41) is 0. The average Bonchev–Trinajstić information content (AvgIpc) is 3.07. The van der Waals surface area contributed by atoms with Crippen LogP contribution in [0, 0.1) is 6.92 Å². The molecule has 0 aliphatic rings. The summed E-state index contributed by atoms with van der Waals surface area (Å²) < 4.78 is 23.8. The zero-order valence-corrected chi connectivity index (χ0v) is 18.7. The van der Waals surface area contributed by atoms with E-state index in [1.54, 1.807) is 36.8 Å². The Morgan fingerprint density at radius 1 is 1.10 bits per heavy atom. The molecular weight excluding hydrogens is 420 g/mol. The Kier molecular flexibility index (Phi) is 7.30. The molecule has 0 saturated carbocycles. The van der Waals surface area contributed by atoms with E-state index in [1.165, 1.54) is 18.4 Å². The Morgan fingerprint density at radius 2 is 1.84 bits per heavy atom. The van der Waals surface area contributed by atoms with E-state index in [0.717, 1.165) is 10.3 Å². The summed E-state index contributed by atoms with van der Waals surface area (Å²) >= 11 is 1.26. The highest BCUT2D eigenvalue weighted by Gasteiger charge is 2.16. The summed E-state index contributed by atoms with van der Waals surface area (Å²) in [5.74, 6) is 0.742. The number of carbonyl (C=O) groups is 2. The Balaban J connectivity index is 1.98. The molecule has 1 aromatic heterocycles. The van der Waals surface area contributed by atoms with E-state index in [2.05, 4.69) is 4.99 Å². The van der Waals surface area contributed by atoms with Crippen molar-refractivity contribution in [1.82, 2.24) is 4.57 Å². The SMILES string of the molecule is CCOC(=O)Cn1c(=NC(=O)COc2cccc(C)c2)sc2cc(OC)c(OC)cc21. The van der Waals surface area contributed by atoms with Crippen molar-refractivity contribution < 1.29 is 28.5 Å². The molecular formula is C22H24N2O6S. The van der Waals surface area contributed by atoms with Crippen molar-refractivity contribution in [2.45, 2.75) is 20.4 Å². The summed E-state index contributed by atoms with van der Waals surface area (Å²) in [6.07, 6.45) is 0. The summed E-state index contributed by atoms with van der Waals surface area (Å²) in [5.41, 5.74) is 1.71. The maximum Gasteiger partial charge on any atom is 0.326 e. The number of nitrogens with zero attached hydrogens (tertiary/aromatic N) is 2. The number of fused-ring (bicyclic) bond motifs is 1. The second-order valence-electron chi connectivity index (χ2n) is 6.56. The molecule has 3 rings (SSSR count). The lowest BCUT2D eigenvalue weighted by Crippen LogP contribution is -2.24. The lowest BCUT2D eigenvalue weighted by Gasteiger charge is -2.09. The Bertz CT molecular complexity index is 1160. The summed E-state index contributed by atoms with van der Waals surface area (Å²) in [7, 11) is 3.07. The molecule has 31 heavy (non-hydrogen) atoms. The van der Waals surface area contributed by atoms with Gasteiger partial charge in [-0.25, -0.2) is 0 Å². The van der Waals surface area contributed by atoms with Gasteiger partial charge < -0.3 is 23.5 Å². The maximum absolute atomic E-state index is 12.5. The van der Waals surface area contributed by atoms with Crippen LogP contribution in [0.15, 0.2) is 41.4 Å². The Hall–Kier alpha value is -3.33. The van der Waals surface area contributed by atoms with Crippen LogP contribution in [0.3, 0.4) is 0 Å². The molecule has 0 aliphatic carbocycles. The van der Waals surface area contributed by atoms with Crippen LogP contribution in [0.2, 0.25) is 0 Å². The number of aromatic nitrogens is 1. The zero-order valence-electron chi connectivity index (χ0n) is 17.8. The Labute approximate surface area is 183 Å². The van der Waals surface area contributed by atoms with Gasteiger partial charge in [-0.1, -0.05) is 23.5 Å². The van der Waals surface area contributed by atoms with Gasteiger partial charge in [0.25, 0.3) is 5.91 Å². The number of methoxy groups -OCH3 is 2. The molecule has 2 aromatic carbocycles. The van der Waals surface area contributed by atoms with Gasteiger partial charge in [-0.05, 0) is 31.5 Å². The molecule has 0 atom stereocenters. The summed E-state index contributed by atoms with van der Waals surface area (Å²) in [6, 6.07) is 10.9. The first kappa shape index (κ1) is 22.4. The fourth-order valence-electron chi connectivity index (χ4n) is 2.96. The predicted molar refractivity (Wildman–Crippen MR) is 117 cm³/mol. The molecule has 0 saturated heterocycles. The van der Waals surface area contributed by atoms with Crippen LogP contribution < -0.4 is 19.0 Å². The van der Waals surface area contributed by atoms with Crippen LogP contribution in [0.25, 0.3) is 10.2 Å². The van der Waals surface area contributed by atoms with Gasteiger partial charge in [-0.15, -0.1) is 0 Å². The molecule has 0 unspecified atom stereocenters. The summed E-state index contributed by atoms with van der Waals surface area (Å²) in [6.45, 7) is 3.63. The average molecular weight is 445 g/mol. The van der Waals surface area contributed by atoms with Crippen molar-refractivity contribution in [3.63, 3.8) is 0 Å². The van der Waals surface area contributed by atoms with Gasteiger partial charge in [0.1, 0.15) is 12.3 Å². The zero-order chi connectivity index (χ0) is 22.4. The van der Waals surface area contributed by atoms with Gasteiger partial charge in [-0.3, -0.25) is 9.59 Å². The molecule has 1 amide bonds. The van der Waals surface area contributed by atoms with Crippen molar-refractivity contribution in [2.75, 3.05) is 27.4 Å². The van der Waals surface area contributed by atoms with Gasteiger partial charge >= 0.3 is 5.97 Å². The van der Waals surface area contributed by atoms with E-state index in [1.807, 2.05) is 25.1 Å². The molecule has 0 bridgehead atoms. The first-order chi connectivity index (χ1) is 14.9. The maximum atomic E-state index is 12.5. The third kappa shape index (κ3) is 5.43. The molecule has 8 nitrogen and oxygen atoms in total. The molecule has 9 heteroatoms. The normalized spacial score (nSPS) is 11.4. The monoisotopic (exact) mass is 444 g/mol. The van der Waals surface area contributed by atoms with Crippen molar-refractivity contribution in [1.29, 1.82) is 0 Å². The van der Waals surface area contributed by atoms with Crippen molar-refractivity contribution in [3.05, 3.63) is 46.8 Å². The van der Waals surface area contributed by atoms with Gasteiger partial charge in [0.05, 0.1) is 31.0 Å². The van der Waals surface area contributed by atoms with E-state index in [4.69, 9.17) is 18.9 Å². The summed E-state index contributed by atoms with van der Waals surface area (Å²) in [4.78, 5) is 29.2. The van der Waals surface area contributed by atoms with E-state index >= 15 is 0 Å². The molecule has 0 N–H and O–H groups in total. The first-order valence-corrected chi connectivity index (χ1v) is 10.4. The van der Waals surface area contributed by atoms with E-state index < -0.39 is 11.9 Å². The predicted octanol–water partition coefficient (Wildman–Crippen LogP) is 3.10. The van der Waals surface area contributed by atoms with E-state index in [0.29, 0.717) is 27.6 Å². The van der Waals surface area contributed by atoms with E-state index in [-0.39, 0.29) is 19.8 Å². The standard InChI is InChI=1S/C22H24N2O6S/c1-5-29-21(26)12-24-16-10-17(27-3)18(28-4)11-19(16)31-22(24)23-20(25)13-30-15-8-6-7-14(2)9-15/h6-11H,5,12-13H2,1-4H3. The van der Waals surface area contributed by atoms with Crippen LogP contribution in [0.5, 0.6) is 17.2 Å². The first-order valence-electron chi connectivity index (χ1n) is 9.63. The largest absolute Gasteiger partial charge is 0.493 e. The molecule has 0 spiro atoms. The molecule has 1 heterocycles. The second-order valence-corrected chi connectivity index (χ2v) is 7.57. The van der Waals surface area contributed by atoms with Crippen LogP contribution >= 0.6 is 11.3 Å². The van der Waals surface area contributed by atoms with Gasteiger partial charge in [0.15, 0.2) is 22.9 Å². The third-order valence-electron chi connectivity index (χ3n) is 4.35. The lowest BCUT2D eigenvalue weighted by atomic mass is 10.2. The highest BCUT2D eigenvalue weighted by molar-refractivity contribution is 7.16. The van der Waals surface area contributed by atoms with Crippen LogP contribution in [-0.4, -0.2) is 43.9 Å². The van der Waals surface area contributed by atoms with Crippen LogP contribution in [-0.2, 0) is 20.9 Å². The number of amides is 1. The van der Waals surface area contributed by atoms with Crippen LogP contribution in [0.4, 0.5) is 0 Å². The van der Waals surface area contributed by atoms with E-state index in [9.17, 15) is 9.59 Å². The minimum atomic E-state index is -0.468. The van der Waals surface area contributed by atoms with Crippen LogP contribution in [0.1, 0.15) is 12.5 Å². The smallest absolute Gasteiger partial charge is 0.326 e. The van der Waals surface area contributed by atoms with Gasteiger partial charge in [0, 0.05) is 12.1 Å². The third-order valence-corrected chi connectivity index (χ3v) is 5.39.